The minimum atomic E-state index is -0.569. The van der Waals surface area contributed by atoms with Gasteiger partial charge in [0.25, 0.3) is 0 Å². The summed E-state index contributed by atoms with van der Waals surface area (Å²) < 4.78 is 10.1. The van der Waals surface area contributed by atoms with Gasteiger partial charge in [-0.1, -0.05) is 0 Å². The van der Waals surface area contributed by atoms with Crippen molar-refractivity contribution in [3.8, 4) is 0 Å². The van der Waals surface area contributed by atoms with Gasteiger partial charge < -0.3 is 30.7 Å². The number of alkyl carbamates (subject to hydrolysis) is 1. The van der Waals surface area contributed by atoms with Gasteiger partial charge in [0.15, 0.2) is 5.96 Å². The van der Waals surface area contributed by atoms with E-state index in [0.717, 1.165) is 0 Å². The number of aliphatic imine (C=N–C) groups is 1. The number of carbonyl (C=O) groups excluding carboxylic acids is 2. The molecule has 2 amide bonds. The zero-order valence-corrected chi connectivity index (χ0v) is 19.1. The monoisotopic (exact) mass is 487 g/mol. The normalized spacial score (nSPS) is 11.9. The van der Waals surface area contributed by atoms with E-state index in [1.807, 2.05) is 13.8 Å². The lowest BCUT2D eigenvalue weighted by molar-refractivity contribution is -0.120. The Balaban J connectivity index is 0. The molecule has 0 saturated heterocycles. The first kappa shape index (κ1) is 26.9. The van der Waals surface area contributed by atoms with Crippen molar-refractivity contribution in [2.75, 3.05) is 40.4 Å². The highest BCUT2D eigenvalue weighted by molar-refractivity contribution is 14.0. The molecular weight excluding hydrogens is 453 g/mol. The third-order valence-corrected chi connectivity index (χ3v) is 2.81. The predicted molar refractivity (Wildman–Crippen MR) is 113 cm³/mol. The van der Waals surface area contributed by atoms with Gasteiger partial charge in [0.1, 0.15) is 5.60 Å². The van der Waals surface area contributed by atoms with Crippen molar-refractivity contribution in [3.05, 3.63) is 0 Å². The molecule has 0 atom stereocenters. The molecule has 0 aromatic rings. The van der Waals surface area contributed by atoms with Crippen LogP contribution in [0.2, 0.25) is 0 Å². The smallest absolute Gasteiger partial charge is 0.408 e. The zero-order chi connectivity index (χ0) is 19.5. The lowest BCUT2D eigenvalue weighted by Crippen LogP contribution is -2.54. The van der Waals surface area contributed by atoms with Crippen molar-refractivity contribution in [2.24, 2.45) is 4.99 Å². The fourth-order valence-electron chi connectivity index (χ4n) is 1.67. The highest BCUT2D eigenvalue weighted by Gasteiger charge is 2.24. The van der Waals surface area contributed by atoms with Crippen LogP contribution in [0.5, 0.6) is 0 Å². The Labute approximate surface area is 173 Å². The number of nitrogens with zero attached hydrogens (tertiary/aromatic N) is 1. The van der Waals surface area contributed by atoms with Crippen molar-refractivity contribution >= 4 is 41.9 Å². The van der Waals surface area contributed by atoms with Crippen LogP contribution in [0.15, 0.2) is 4.99 Å². The number of ether oxygens (including phenoxy) is 2. The maximum absolute atomic E-state index is 11.9. The summed E-state index contributed by atoms with van der Waals surface area (Å²) in [4.78, 5) is 27.5. The Kier molecular flexibility index (Phi) is 13.4. The van der Waals surface area contributed by atoms with Gasteiger partial charge in [-0.05, 0) is 34.6 Å². The molecule has 0 spiro atoms. The first-order valence-corrected chi connectivity index (χ1v) is 8.20. The molecular formula is C16H34IN5O4. The summed E-state index contributed by atoms with van der Waals surface area (Å²) in [6.45, 7) is 10.5. The van der Waals surface area contributed by atoms with Gasteiger partial charge in [0.2, 0.25) is 5.91 Å². The molecule has 0 heterocycles. The van der Waals surface area contributed by atoms with Crippen LogP contribution in [-0.2, 0) is 14.3 Å². The van der Waals surface area contributed by atoms with Crippen molar-refractivity contribution < 1.29 is 19.1 Å². The average molecular weight is 487 g/mol. The molecule has 0 unspecified atom stereocenters. The molecule has 0 rings (SSSR count). The van der Waals surface area contributed by atoms with Gasteiger partial charge in [0.05, 0.1) is 18.7 Å². The van der Waals surface area contributed by atoms with E-state index in [4.69, 9.17) is 9.47 Å². The van der Waals surface area contributed by atoms with E-state index in [2.05, 4.69) is 26.3 Å². The molecule has 0 aliphatic rings. The minimum Gasteiger partial charge on any atom is -0.444 e. The number of methoxy groups -OCH3 is 1. The molecule has 0 aliphatic heterocycles. The second-order valence-corrected chi connectivity index (χ2v) is 7.13. The van der Waals surface area contributed by atoms with E-state index in [9.17, 15) is 9.59 Å². The van der Waals surface area contributed by atoms with Crippen molar-refractivity contribution in [1.82, 2.24) is 21.3 Å². The number of halogens is 1. The second-order valence-electron chi connectivity index (χ2n) is 7.13. The van der Waals surface area contributed by atoms with Crippen LogP contribution in [0.3, 0.4) is 0 Å². The Bertz CT molecular complexity index is 464. The minimum absolute atomic E-state index is 0. The highest BCUT2D eigenvalue weighted by Crippen LogP contribution is 2.08. The topological polar surface area (TPSA) is 113 Å². The summed E-state index contributed by atoms with van der Waals surface area (Å²) in [7, 11) is 3.18. The van der Waals surface area contributed by atoms with E-state index in [0.29, 0.717) is 25.7 Å². The van der Waals surface area contributed by atoms with E-state index in [1.54, 1.807) is 34.9 Å². The third kappa shape index (κ3) is 15.0. The number of amides is 2. The Morgan fingerprint density at radius 3 is 2.15 bits per heavy atom. The standard InChI is InChI=1S/C16H33N5O4.HI/c1-15(2,3)25-14(23)21-16(4,5)11-20-13(17-6)19-10-12(22)18-8-9-24-7;/h8-11H2,1-7H3,(H,18,22)(H,21,23)(H2,17,19,20);1H. The quantitative estimate of drug-likeness (QED) is 0.175. The number of carbonyl (C=O) groups is 2. The highest BCUT2D eigenvalue weighted by atomic mass is 127. The molecule has 4 N–H and O–H groups in total. The molecule has 0 aromatic carbocycles. The zero-order valence-electron chi connectivity index (χ0n) is 16.8. The molecule has 10 heteroatoms. The molecule has 154 valence electrons. The van der Waals surface area contributed by atoms with E-state index >= 15 is 0 Å². The summed E-state index contributed by atoms with van der Waals surface area (Å²) in [5, 5.41) is 11.5. The Hall–Kier alpha value is -1.30. The van der Waals surface area contributed by atoms with Crippen LogP contribution in [0.25, 0.3) is 0 Å². The summed E-state index contributed by atoms with van der Waals surface area (Å²) in [5.74, 6) is 0.298. The average Bonchev–Trinajstić information content (AvgIpc) is 2.44. The van der Waals surface area contributed by atoms with E-state index < -0.39 is 17.2 Å². The number of rotatable bonds is 8. The van der Waals surface area contributed by atoms with Crippen LogP contribution in [-0.4, -0.2) is 69.5 Å². The SMILES string of the molecule is CN=C(NCC(=O)NCCOC)NCC(C)(C)NC(=O)OC(C)(C)C.I. The number of guanidine groups is 1. The van der Waals surface area contributed by atoms with Gasteiger partial charge in [-0.25, -0.2) is 4.79 Å². The van der Waals surface area contributed by atoms with Gasteiger partial charge in [0, 0.05) is 27.2 Å². The number of hydrogen-bond acceptors (Lipinski definition) is 5. The molecule has 0 aliphatic carbocycles. The Morgan fingerprint density at radius 1 is 1.04 bits per heavy atom. The molecule has 9 nitrogen and oxygen atoms in total. The van der Waals surface area contributed by atoms with Crippen LogP contribution in [0.4, 0.5) is 4.79 Å². The molecule has 0 aromatic heterocycles. The maximum atomic E-state index is 11.9. The third-order valence-electron chi connectivity index (χ3n) is 2.81. The second kappa shape index (κ2) is 13.0. The lowest BCUT2D eigenvalue weighted by atomic mass is 10.1. The van der Waals surface area contributed by atoms with Crippen LogP contribution in [0, 0.1) is 0 Å². The fourth-order valence-corrected chi connectivity index (χ4v) is 1.67. The van der Waals surface area contributed by atoms with Gasteiger partial charge in [-0.3, -0.25) is 9.79 Å². The van der Waals surface area contributed by atoms with Crippen LogP contribution >= 0.6 is 24.0 Å². The van der Waals surface area contributed by atoms with E-state index in [1.165, 1.54) is 0 Å². The molecule has 0 bridgehead atoms. The fraction of sp³-hybridized carbons (Fsp3) is 0.812. The van der Waals surface area contributed by atoms with Crippen molar-refractivity contribution in [1.29, 1.82) is 0 Å². The number of hydrogen-bond donors (Lipinski definition) is 4. The summed E-state index contributed by atoms with van der Waals surface area (Å²) in [6, 6.07) is 0. The molecule has 0 saturated carbocycles. The lowest BCUT2D eigenvalue weighted by Gasteiger charge is -2.29. The van der Waals surface area contributed by atoms with Crippen molar-refractivity contribution in [2.45, 2.75) is 45.8 Å². The largest absolute Gasteiger partial charge is 0.444 e. The van der Waals surface area contributed by atoms with E-state index in [-0.39, 0.29) is 36.4 Å². The van der Waals surface area contributed by atoms with Gasteiger partial charge >= 0.3 is 6.09 Å². The van der Waals surface area contributed by atoms with Gasteiger partial charge in [-0.15, -0.1) is 24.0 Å². The first-order valence-electron chi connectivity index (χ1n) is 8.20. The van der Waals surface area contributed by atoms with Crippen LogP contribution < -0.4 is 21.3 Å². The molecule has 26 heavy (non-hydrogen) atoms. The Morgan fingerprint density at radius 2 is 1.65 bits per heavy atom. The van der Waals surface area contributed by atoms with Crippen LogP contribution in [0.1, 0.15) is 34.6 Å². The van der Waals surface area contributed by atoms with Crippen molar-refractivity contribution in [3.63, 3.8) is 0 Å². The molecule has 0 fully saturated rings. The molecule has 0 radical (unpaired) electrons. The summed E-state index contributed by atoms with van der Waals surface area (Å²) in [5.41, 5.74) is -1.12. The summed E-state index contributed by atoms with van der Waals surface area (Å²) >= 11 is 0. The maximum Gasteiger partial charge on any atom is 0.408 e. The van der Waals surface area contributed by atoms with Gasteiger partial charge in [-0.2, -0.15) is 0 Å². The predicted octanol–water partition coefficient (Wildman–Crippen LogP) is 0.835. The number of nitrogens with one attached hydrogen (secondary N) is 4. The summed E-state index contributed by atoms with van der Waals surface area (Å²) in [6.07, 6.45) is -0.486. The first-order chi connectivity index (χ1) is 11.5.